The van der Waals surface area contributed by atoms with Crippen molar-refractivity contribution in [2.45, 2.75) is 59.3 Å². The zero-order valence-corrected chi connectivity index (χ0v) is 27.3. The second kappa shape index (κ2) is 29.4. The fraction of sp³-hybridized carbons (Fsp3) is 0.758. The van der Waals surface area contributed by atoms with Gasteiger partial charge in [0.05, 0.1) is 90.8 Å². The van der Waals surface area contributed by atoms with E-state index in [1.165, 1.54) is 0 Å². The van der Waals surface area contributed by atoms with E-state index in [1.54, 1.807) is 12.1 Å². The van der Waals surface area contributed by atoms with Crippen molar-refractivity contribution in [1.82, 2.24) is 0 Å². The van der Waals surface area contributed by atoms with Crippen molar-refractivity contribution in [3.63, 3.8) is 0 Å². The number of unbranched alkanes of at least 4 members (excludes halogenated alkanes) is 2. The van der Waals surface area contributed by atoms with E-state index in [2.05, 4.69) is 19.2 Å². The fourth-order valence-corrected chi connectivity index (χ4v) is 3.87. The van der Waals surface area contributed by atoms with Gasteiger partial charge >= 0.3 is 11.9 Å². The van der Waals surface area contributed by atoms with Gasteiger partial charge in [-0.1, -0.05) is 40.0 Å². The minimum Gasteiger partial charge on any atom is -0.463 e. The Labute approximate surface area is 264 Å². The first kappa shape index (κ1) is 39.7. The number of hydrogen-bond donors (Lipinski definition) is 1. The van der Waals surface area contributed by atoms with Gasteiger partial charge in [-0.3, -0.25) is 4.79 Å². The molecule has 1 unspecified atom stereocenters. The molecule has 1 aromatic rings. The first-order valence-corrected chi connectivity index (χ1v) is 16.3. The summed E-state index contributed by atoms with van der Waals surface area (Å²) in [6.45, 7) is 12.9. The van der Waals surface area contributed by atoms with Crippen LogP contribution in [0.3, 0.4) is 0 Å². The Morgan fingerprint density at radius 3 is 1.45 bits per heavy atom. The molecule has 0 heterocycles. The second-order valence-corrected chi connectivity index (χ2v) is 10.1. The summed E-state index contributed by atoms with van der Waals surface area (Å²) in [4.78, 5) is 24.1. The Kier molecular flexibility index (Phi) is 26.6. The van der Waals surface area contributed by atoms with Crippen molar-refractivity contribution in [2.24, 2.45) is 5.92 Å². The molecule has 0 saturated carbocycles. The molecule has 0 aliphatic rings. The Hall–Kier alpha value is -2.28. The molecule has 1 aromatic carbocycles. The highest BCUT2D eigenvalue weighted by atomic mass is 16.6. The van der Waals surface area contributed by atoms with Gasteiger partial charge < -0.3 is 43.2 Å². The summed E-state index contributed by atoms with van der Waals surface area (Å²) in [6.07, 6.45) is 6.07. The van der Waals surface area contributed by atoms with Gasteiger partial charge in [0, 0.05) is 12.2 Å². The molecule has 1 rings (SSSR count). The van der Waals surface area contributed by atoms with Crippen molar-refractivity contribution in [1.29, 1.82) is 0 Å². The number of benzene rings is 1. The van der Waals surface area contributed by atoms with Gasteiger partial charge in [0.15, 0.2) is 0 Å². The van der Waals surface area contributed by atoms with Gasteiger partial charge in [-0.25, -0.2) is 4.79 Å². The van der Waals surface area contributed by atoms with E-state index >= 15 is 0 Å². The molecule has 0 spiro atoms. The number of rotatable bonds is 31. The molecular weight excluding hydrogens is 570 g/mol. The Bertz CT molecular complexity index is 808. The molecule has 0 saturated heterocycles. The number of carbonyl (C=O) groups excluding carboxylic acids is 2. The predicted molar refractivity (Wildman–Crippen MR) is 169 cm³/mol. The van der Waals surface area contributed by atoms with E-state index in [0.717, 1.165) is 50.8 Å². The van der Waals surface area contributed by atoms with Crippen molar-refractivity contribution >= 4 is 17.6 Å². The predicted octanol–water partition coefficient (Wildman–Crippen LogP) is 4.91. The first-order chi connectivity index (χ1) is 21.6. The van der Waals surface area contributed by atoms with Crippen LogP contribution in [0.5, 0.6) is 0 Å². The number of ether oxygens (including phenoxy) is 8. The number of anilines is 1. The monoisotopic (exact) mass is 627 g/mol. The van der Waals surface area contributed by atoms with Gasteiger partial charge in [-0.05, 0) is 43.5 Å². The van der Waals surface area contributed by atoms with Crippen LogP contribution in [0.4, 0.5) is 5.69 Å². The minimum absolute atomic E-state index is 0.00678. The topological polar surface area (TPSA) is 120 Å². The summed E-state index contributed by atoms with van der Waals surface area (Å²) in [5.41, 5.74) is 1.51. The molecule has 11 nitrogen and oxygen atoms in total. The maximum absolute atomic E-state index is 12.1. The van der Waals surface area contributed by atoms with Crippen molar-refractivity contribution < 1.29 is 47.5 Å². The van der Waals surface area contributed by atoms with Crippen LogP contribution in [-0.4, -0.2) is 111 Å². The van der Waals surface area contributed by atoms with Gasteiger partial charge in [-0.2, -0.15) is 0 Å². The third kappa shape index (κ3) is 22.3. The van der Waals surface area contributed by atoms with Crippen molar-refractivity contribution in [3.8, 4) is 0 Å². The third-order valence-corrected chi connectivity index (χ3v) is 6.51. The van der Waals surface area contributed by atoms with Crippen LogP contribution in [-0.2, 0) is 42.7 Å². The Morgan fingerprint density at radius 1 is 0.591 bits per heavy atom. The quantitative estimate of drug-likeness (QED) is 0.0893. The van der Waals surface area contributed by atoms with Crippen LogP contribution in [0.15, 0.2) is 24.3 Å². The fourth-order valence-electron chi connectivity index (χ4n) is 3.87. The zero-order valence-electron chi connectivity index (χ0n) is 27.3. The molecule has 44 heavy (non-hydrogen) atoms. The lowest BCUT2D eigenvalue weighted by Gasteiger charge is -2.13. The van der Waals surface area contributed by atoms with E-state index in [9.17, 15) is 9.59 Å². The molecule has 1 N–H and O–H groups in total. The summed E-state index contributed by atoms with van der Waals surface area (Å²) in [7, 11) is 0. The highest BCUT2D eigenvalue weighted by molar-refractivity contribution is 5.89. The standard InChI is InChI=1S/C33H57NO10/c1-4-7-9-29(6-3)32(35)43-27-25-41-23-21-39-19-17-37-15-16-38-18-20-40-22-24-42-26-28-44-33(36)30-10-12-31(13-11-30)34-14-8-5-2/h10-13,29,34H,4-9,14-28H2,1-3H3. The Balaban J connectivity index is 1.79. The molecule has 0 fully saturated rings. The van der Waals surface area contributed by atoms with Crippen LogP contribution in [0.1, 0.15) is 69.7 Å². The smallest absolute Gasteiger partial charge is 0.338 e. The van der Waals surface area contributed by atoms with Gasteiger partial charge in [0.25, 0.3) is 0 Å². The summed E-state index contributed by atoms with van der Waals surface area (Å²) in [5, 5.41) is 3.31. The number of hydrogen-bond acceptors (Lipinski definition) is 11. The Morgan fingerprint density at radius 2 is 1.02 bits per heavy atom. The van der Waals surface area contributed by atoms with Crippen LogP contribution in [0.25, 0.3) is 0 Å². The lowest BCUT2D eigenvalue weighted by molar-refractivity contribution is -0.150. The molecule has 0 amide bonds. The molecule has 0 aliphatic heterocycles. The van der Waals surface area contributed by atoms with Crippen molar-refractivity contribution in [3.05, 3.63) is 29.8 Å². The molecule has 0 aliphatic carbocycles. The van der Waals surface area contributed by atoms with E-state index in [0.29, 0.717) is 84.8 Å². The molecule has 1 atom stereocenters. The number of carbonyl (C=O) groups is 2. The third-order valence-electron chi connectivity index (χ3n) is 6.51. The maximum atomic E-state index is 12.1. The van der Waals surface area contributed by atoms with Gasteiger partial charge in [0.1, 0.15) is 13.2 Å². The van der Waals surface area contributed by atoms with E-state index in [4.69, 9.17) is 37.9 Å². The van der Waals surface area contributed by atoms with E-state index in [-0.39, 0.29) is 31.1 Å². The normalized spacial score (nSPS) is 11.8. The molecule has 254 valence electrons. The summed E-state index contributed by atoms with van der Waals surface area (Å²) in [6, 6.07) is 7.28. The molecular formula is C33H57NO10. The number of esters is 2. The maximum Gasteiger partial charge on any atom is 0.338 e. The molecule has 11 heteroatoms. The van der Waals surface area contributed by atoms with E-state index in [1.807, 2.05) is 19.1 Å². The van der Waals surface area contributed by atoms with E-state index < -0.39 is 0 Å². The lowest BCUT2D eigenvalue weighted by Crippen LogP contribution is -2.20. The average molecular weight is 628 g/mol. The SMILES string of the molecule is CCCCNc1ccc(C(=O)OCCOCCOCCOCCOCCOCCOCCOC(=O)C(CC)CCCC)cc1. The molecule has 0 aromatic heterocycles. The van der Waals surface area contributed by atoms with Crippen molar-refractivity contribution in [2.75, 3.05) is 104 Å². The molecule has 0 bridgehead atoms. The summed E-state index contributed by atoms with van der Waals surface area (Å²) < 4.78 is 43.3. The highest BCUT2D eigenvalue weighted by Gasteiger charge is 2.17. The van der Waals surface area contributed by atoms with Crippen LogP contribution < -0.4 is 5.32 Å². The minimum atomic E-state index is -0.362. The average Bonchev–Trinajstić information content (AvgIpc) is 3.04. The highest BCUT2D eigenvalue weighted by Crippen LogP contribution is 2.14. The van der Waals surface area contributed by atoms with Crippen LogP contribution >= 0.6 is 0 Å². The van der Waals surface area contributed by atoms with Gasteiger partial charge in [0.2, 0.25) is 0 Å². The first-order valence-electron chi connectivity index (χ1n) is 16.3. The van der Waals surface area contributed by atoms with Crippen LogP contribution in [0, 0.1) is 5.92 Å². The second-order valence-electron chi connectivity index (χ2n) is 10.1. The van der Waals surface area contributed by atoms with Crippen LogP contribution in [0.2, 0.25) is 0 Å². The van der Waals surface area contributed by atoms with Gasteiger partial charge in [-0.15, -0.1) is 0 Å². The number of nitrogens with one attached hydrogen (secondary N) is 1. The lowest BCUT2D eigenvalue weighted by atomic mass is 10.00. The molecule has 0 radical (unpaired) electrons. The summed E-state index contributed by atoms with van der Waals surface area (Å²) >= 11 is 0. The largest absolute Gasteiger partial charge is 0.463 e. The zero-order chi connectivity index (χ0) is 31.9. The summed E-state index contributed by atoms with van der Waals surface area (Å²) in [5.74, 6) is -0.493.